The maximum Gasteiger partial charge on any atom is 0.106 e. The summed E-state index contributed by atoms with van der Waals surface area (Å²) in [4.78, 5) is 7.34. The molecule has 3 nitrogen and oxygen atoms in total. The number of aromatic nitrogens is 2. The molecule has 3 heteroatoms. The van der Waals surface area contributed by atoms with Crippen LogP contribution < -0.4 is 5.32 Å². The summed E-state index contributed by atoms with van der Waals surface area (Å²) >= 11 is 0. The second-order valence-electron chi connectivity index (χ2n) is 4.97. The Kier molecular flexibility index (Phi) is 6.16. The Hall–Kier alpha value is -0.830. The molecule has 1 aromatic rings. The van der Waals surface area contributed by atoms with Crippen molar-refractivity contribution in [2.24, 2.45) is 5.92 Å². The van der Waals surface area contributed by atoms with Crippen LogP contribution in [0.15, 0.2) is 12.4 Å². The summed E-state index contributed by atoms with van der Waals surface area (Å²) in [5, 5.41) is 3.56. The van der Waals surface area contributed by atoms with Crippen molar-refractivity contribution < 1.29 is 0 Å². The third-order valence-corrected chi connectivity index (χ3v) is 2.82. The fraction of sp³-hybridized carbons (Fsp3) is 0.769. The molecule has 1 heterocycles. The Bertz CT molecular complexity index is 254. The zero-order valence-corrected chi connectivity index (χ0v) is 10.8. The second kappa shape index (κ2) is 7.44. The van der Waals surface area contributed by atoms with Crippen LogP contribution in [0.4, 0.5) is 0 Å². The van der Waals surface area contributed by atoms with Gasteiger partial charge < -0.3 is 10.3 Å². The number of hydrogen-bond donors (Lipinski definition) is 2. The summed E-state index contributed by atoms with van der Waals surface area (Å²) in [5.74, 6) is 1.91. The first-order valence-electron chi connectivity index (χ1n) is 6.40. The highest BCUT2D eigenvalue weighted by molar-refractivity contribution is 4.86. The molecule has 92 valence electrons. The molecule has 0 radical (unpaired) electrons. The molecule has 0 saturated carbocycles. The normalized spacial score (nSPS) is 13.2. The van der Waals surface area contributed by atoms with E-state index in [-0.39, 0.29) is 0 Å². The summed E-state index contributed by atoms with van der Waals surface area (Å²) in [6.45, 7) is 7.92. The van der Waals surface area contributed by atoms with E-state index in [1.807, 2.05) is 12.4 Å². The Balaban J connectivity index is 1.98. The molecule has 0 fully saturated rings. The SMILES string of the molecule is CC(C)CCC(C)NCCCc1ncc[nH]1. The van der Waals surface area contributed by atoms with Gasteiger partial charge in [0.15, 0.2) is 0 Å². The lowest BCUT2D eigenvalue weighted by Crippen LogP contribution is -2.27. The Morgan fingerprint density at radius 2 is 2.12 bits per heavy atom. The van der Waals surface area contributed by atoms with Gasteiger partial charge in [0.05, 0.1) is 0 Å². The van der Waals surface area contributed by atoms with Crippen LogP contribution in [0.1, 0.15) is 45.9 Å². The molecule has 0 bridgehead atoms. The first kappa shape index (κ1) is 13.2. The second-order valence-corrected chi connectivity index (χ2v) is 4.97. The molecule has 0 aromatic carbocycles. The number of nitrogens with one attached hydrogen (secondary N) is 2. The van der Waals surface area contributed by atoms with Gasteiger partial charge >= 0.3 is 0 Å². The van der Waals surface area contributed by atoms with Crippen molar-refractivity contribution in [3.63, 3.8) is 0 Å². The molecular weight excluding hydrogens is 198 g/mol. The summed E-state index contributed by atoms with van der Waals surface area (Å²) < 4.78 is 0. The maximum atomic E-state index is 4.21. The first-order chi connectivity index (χ1) is 7.68. The predicted octanol–water partition coefficient (Wildman–Crippen LogP) is 2.76. The van der Waals surface area contributed by atoms with Crippen molar-refractivity contribution in [2.75, 3.05) is 6.54 Å². The van der Waals surface area contributed by atoms with Crippen LogP contribution in [0, 0.1) is 5.92 Å². The average Bonchev–Trinajstić information content (AvgIpc) is 2.74. The summed E-state index contributed by atoms with van der Waals surface area (Å²) in [5.41, 5.74) is 0. The van der Waals surface area contributed by atoms with Crippen molar-refractivity contribution in [1.82, 2.24) is 15.3 Å². The predicted molar refractivity (Wildman–Crippen MR) is 68.4 cm³/mol. The van der Waals surface area contributed by atoms with Gasteiger partial charge in [0.2, 0.25) is 0 Å². The zero-order chi connectivity index (χ0) is 11.8. The molecular formula is C13H25N3. The minimum absolute atomic E-state index is 0.638. The van der Waals surface area contributed by atoms with Crippen LogP contribution in [-0.4, -0.2) is 22.6 Å². The van der Waals surface area contributed by atoms with E-state index in [0.717, 1.165) is 31.1 Å². The van der Waals surface area contributed by atoms with E-state index >= 15 is 0 Å². The largest absolute Gasteiger partial charge is 0.349 e. The average molecular weight is 223 g/mol. The van der Waals surface area contributed by atoms with Gasteiger partial charge in [-0.3, -0.25) is 0 Å². The van der Waals surface area contributed by atoms with E-state index in [0.29, 0.717) is 6.04 Å². The van der Waals surface area contributed by atoms with Crippen LogP contribution in [0.2, 0.25) is 0 Å². The summed E-state index contributed by atoms with van der Waals surface area (Å²) in [6, 6.07) is 0.638. The molecule has 1 unspecified atom stereocenters. The molecule has 1 rings (SSSR count). The smallest absolute Gasteiger partial charge is 0.106 e. The third-order valence-electron chi connectivity index (χ3n) is 2.82. The van der Waals surface area contributed by atoms with E-state index in [2.05, 4.69) is 36.1 Å². The quantitative estimate of drug-likeness (QED) is 0.665. The standard InChI is InChI=1S/C13H25N3/c1-11(2)6-7-12(3)14-8-4-5-13-15-9-10-16-13/h9-12,14H,4-8H2,1-3H3,(H,15,16). The van der Waals surface area contributed by atoms with Crippen LogP contribution in [0.25, 0.3) is 0 Å². The number of aromatic amines is 1. The van der Waals surface area contributed by atoms with Crippen molar-refractivity contribution in [1.29, 1.82) is 0 Å². The lowest BCUT2D eigenvalue weighted by Gasteiger charge is -2.14. The van der Waals surface area contributed by atoms with Crippen molar-refractivity contribution in [3.05, 3.63) is 18.2 Å². The van der Waals surface area contributed by atoms with Crippen molar-refractivity contribution in [3.8, 4) is 0 Å². The lowest BCUT2D eigenvalue weighted by molar-refractivity contribution is 0.448. The number of rotatable bonds is 8. The maximum absolute atomic E-state index is 4.21. The Morgan fingerprint density at radius 3 is 2.75 bits per heavy atom. The van der Waals surface area contributed by atoms with Crippen LogP contribution in [0.5, 0.6) is 0 Å². The fourth-order valence-electron chi connectivity index (χ4n) is 1.72. The van der Waals surface area contributed by atoms with Gasteiger partial charge in [0, 0.05) is 24.9 Å². The molecule has 0 aliphatic rings. The highest BCUT2D eigenvalue weighted by Crippen LogP contribution is 2.06. The molecule has 1 aromatic heterocycles. The number of imidazole rings is 1. The number of hydrogen-bond acceptors (Lipinski definition) is 2. The van der Waals surface area contributed by atoms with Crippen molar-refractivity contribution in [2.45, 2.75) is 52.5 Å². The van der Waals surface area contributed by atoms with Gasteiger partial charge in [0.25, 0.3) is 0 Å². The van der Waals surface area contributed by atoms with Gasteiger partial charge in [-0.05, 0) is 38.6 Å². The number of aryl methyl sites for hydroxylation is 1. The lowest BCUT2D eigenvalue weighted by atomic mass is 10.0. The minimum atomic E-state index is 0.638. The molecule has 0 saturated heterocycles. The molecule has 0 spiro atoms. The van der Waals surface area contributed by atoms with Gasteiger partial charge in [-0.25, -0.2) is 4.98 Å². The van der Waals surface area contributed by atoms with Gasteiger partial charge in [-0.1, -0.05) is 13.8 Å². The number of H-pyrrole nitrogens is 1. The summed E-state index contributed by atoms with van der Waals surface area (Å²) in [6.07, 6.45) is 8.48. The molecule has 0 amide bonds. The molecule has 1 atom stereocenters. The minimum Gasteiger partial charge on any atom is -0.349 e. The van der Waals surface area contributed by atoms with Crippen LogP contribution in [0.3, 0.4) is 0 Å². The van der Waals surface area contributed by atoms with Gasteiger partial charge in [-0.2, -0.15) is 0 Å². The monoisotopic (exact) mass is 223 g/mol. The molecule has 2 N–H and O–H groups in total. The van der Waals surface area contributed by atoms with E-state index in [4.69, 9.17) is 0 Å². The van der Waals surface area contributed by atoms with E-state index < -0.39 is 0 Å². The highest BCUT2D eigenvalue weighted by atomic mass is 14.9. The van der Waals surface area contributed by atoms with Crippen molar-refractivity contribution >= 4 is 0 Å². The summed E-state index contributed by atoms with van der Waals surface area (Å²) in [7, 11) is 0. The molecule has 16 heavy (non-hydrogen) atoms. The van der Waals surface area contributed by atoms with Crippen LogP contribution >= 0.6 is 0 Å². The van der Waals surface area contributed by atoms with E-state index in [1.54, 1.807) is 0 Å². The molecule has 0 aliphatic heterocycles. The van der Waals surface area contributed by atoms with E-state index in [9.17, 15) is 0 Å². The fourth-order valence-corrected chi connectivity index (χ4v) is 1.72. The third kappa shape index (κ3) is 5.91. The van der Waals surface area contributed by atoms with E-state index in [1.165, 1.54) is 12.8 Å². The zero-order valence-electron chi connectivity index (χ0n) is 10.8. The Morgan fingerprint density at radius 1 is 1.31 bits per heavy atom. The first-order valence-corrected chi connectivity index (χ1v) is 6.40. The van der Waals surface area contributed by atoms with Gasteiger partial charge in [-0.15, -0.1) is 0 Å². The number of nitrogens with zero attached hydrogens (tertiary/aromatic N) is 1. The van der Waals surface area contributed by atoms with Crippen LogP contribution in [-0.2, 0) is 6.42 Å². The van der Waals surface area contributed by atoms with Gasteiger partial charge in [0.1, 0.15) is 5.82 Å². The highest BCUT2D eigenvalue weighted by Gasteiger charge is 2.02. The topological polar surface area (TPSA) is 40.7 Å². The Labute approximate surface area is 99.1 Å². The molecule has 0 aliphatic carbocycles.